The van der Waals surface area contributed by atoms with Gasteiger partial charge in [-0.25, -0.2) is 12.8 Å². The van der Waals surface area contributed by atoms with E-state index < -0.39 is 25.7 Å². The molecule has 1 amide bonds. The van der Waals surface area contributed by atoms with Gasteiger partial charge in [0.1, 0.15) is 5.82 Å². The van der Waals surface area contributed by atoms with E-state index in [1.165, 1.54) is 0 Å². The lowest BCUT2D eigenvalue weighted by Gasteiger charge is -2.05. The predicted octanol–water partition coefficient (Wildman–Crippen LogP) is 2.45. The molecule has 0 aliphatic carbocycles. The molecule has 0 fully saturated rings. The molecule has 104 valence electrons. The topological polar surface area (TPSA) is 63.2 Å². The number of carbonyl (C=O) groups excluding carboxylic acids is 1. The zero-order chi connectivity index (χ0) is 14.6. The molecule has 0 atom stereocenters. The van der Waals surface area contributed by atoms with Gasteiger partial charge in [0, 0.05) is 22.8 Å². The van der Waals surface area contributed by atoms with Gasteiger partial charge in [0.2, 0.25) is 0 Å². The van der Waals surface area contributed by atoms with Crippen LogP contribution in [-0.2, 0) is 9.05 Å². The van der Waals surface area contributed by atoms with E-state index in [1.807, 2.05) is 13.8 Å². The molecular formula is C12H13ClFNO3S. The molecule has 0 spiro atoms. The van der Waals surface area contributed by atoms with Crippen LogP contribution in [0, 0.1) is 5.82 Å². The lowest BCUT2D eigenvalue weighted by Crippen LogP contribution is -2.23. The van der Waals surface area contributed by atoms with Crippen molar-refractivity contribution in [1.29, 1.82) is 0 Å². The Kier molecular flexibility index (Phi) is 5.08. The predicted molar refractivity (Wildman–Crippen MR) is 71.2 cm³/mol. The third-order valence-electron chi connectivity index (χ3n) is 2.19. The Bertz CT molecular complexity index is 622. The van der Waals surface area contributed by atoms with E-state index in [9.17, 15) is 17.6 Å². The van der Waals surface area contributed by atoms with Crippen LogP contribution in [0.15, 0.2) is 34.7 Å². The van der Waals surface area contributed by atoms with Gasteiger partial charge >= 0.3 is 0 Å². The monoisotopic (exact) mass is 305 g/mol. The Morgan fingerprint density at radius 2 is 2.00 bits per heavy atom. The maximum Gasteiger partial charge on any atom is 0.261 e. The number of rotatable bonds is 4. The van der Waals surface area contributed by atoms with Gasteiger partial charge in [-0.05, 0) is 32.0 Å². The highest BCUT2D eigenvalue weighted by Gasteiger charge is 2.15. The molecule has 1 N–H and O–H groups in total. The Labute approximate surface area is 115 Å². The molecule has 0 saturated heterocycles. The fraction of sp³-hybridized carbons (Fsp3) is 0.250. The molecule has 19 heavy (non-hydrogen) atoms. The third kappa shape index (κ3) is 5.00. The molecule has 0 aromatic heterocycles. The fourth-order valence-corrected chi connectivity index (χ4v) is 2.07. The van der Waals surface area contributed by atoms with E-state index in [1.54, 1.807) is 6.08 Å². The quantitative estimate of drug-likeness (QED) is 0.686. The Morgan fingerprint density at radius 1 is 1.37 bits per heavy atom. The molecular weight excluding hydrogens is 293 g/mol. The Hall–Kier alpha value is -1.40. The molecule has 0 radical (unpaired) electrons. The van der Waals surface area contributed by atoms with Crippen molar-refractivity contribution < 1.29 is 17.6 Å². The van der Waals surface area contributed by atoms with E-state index in [0.29, 0.717) is 0 Å². The number of halogens is 2. The summed E-state index contributed by atoms with van der Waals surface area (Å²) in [7, 11) is 1.04. The highest BCUT2D eigenvalue weighted by atomic mass is 35.7. The molecule has 7 heteroatoms. The van der Waals surface area contributed by atoms with Crippen LogP contribution in [0.3, 0.4) is 0 Å². The van der Waals surface area contributed by atoms with Crippen LogP contribution in [0.5, 0.6) is 0 Å². The van der Waals surface area contributed by atoms with Crippen molar-refractivity contribution in [2.45, 2.75) is 18.7 Å². The summed E-state index contributed by atoms with van der Waals surface area (Å²) in [6.45, 7) is 4.01. The maximum atomic E-state index is 13.3. The lowest BCUT2D eigenvalue weighted by molar-refractivity contribution is 0.0957. The molecule has 0 aliphatic rings. The van der Waals surface area contributed by atoms with E-state index in [4.69, 9.17) is 10.7 Å². The van der Waals surface area contributed by atoms with Crippen LogP contribution in [0.2, 0.25) is 0 Å². The Morgan fingerprint density at radius 3 is 2.53 bits per heavy atom. The van der Waals surface area contributed by atoms with Gasteiger partial charge in [0.05, 0.1) is 4.90 Å². The van der Waals surface area contributed by atoms with Crippen LogP contribution in [0.4, 0.5) is 4.39 Å². The van der Waals surface area contributed by atoms with E-state index >= 15 is 0 Å². The molecule has 0 saturated carbocycles. The Balaban J connectivity index is 2.98. The third-order valence-corrected chi connectivity index (χ3v) is 3.52. The molecule has 1 aromatic rings. The van der Waals surface area contributed by atoms with Crippen molar-refractivity contribution in [3.8, 4) is 0 Å². The van der Waals surface area contributed by atoms with E-state index in [2.05, 4.69) is 5.32 Å². The number of carbonyl (C=O) groups is 1. The number of hydrogen-bond donors (Lipinski definition) is 1. The van der Waals surface area contributed by atoms with Crippen LogP contribution in [0.25, 0.3) is 0 Å². The SMILES string of the molecule is CC(C)=CCNC(=O)c1cc(F)cc(S(=O)(=O)Cl)c1. The molecule has 0 heterocycles. The number of nitrogens with one attached hydrogen (secondary N) is 1. The molecule has 1 aromatic carbocycles. The van der Waals surface area contributed by atoms with Gasteiger partial charge in [-0.1, -0.05) is 11.6 Å². The fourth-order valence-electron chi connectivity index (χ4n) is 1.28. The largest absolute Gasteiger partial charge is 0.349 e. The summed E-state index contributed by atoms with van der Waals surface area (Å²) in [5.74, 6) is -1.41. The van der Waals surface area contributed by atoms with Crippen molar-refractivity contribution in [2.75, 3.05) is 6.54 Å². The average molecular weight is 306 g/mol. The summed E-state index contributed by atoms with van der Waals surface area (Å²) in [6, 6.07) is 2.74. The highest BCUT2D eigenvalue weighted by Crippen LogP contribution is 2.18. The zero-order valence-electron chi connectivity index (χ0n) is 10.4. The molecule has 0 unspecified atom stereocenters. The van der Waals surface area contributed by atoms with Crippen molar-refractivity contribution in [2.24, 2.45) is 0 Å². The number of hydrogen-bond acceptors (Lipinski definition) is 3. The molecule has 0 aliphatic heterocycles. The van der Waals surface area contributed by atoms with Gasteiger partial charge in [0.15, 0.2) is 0 Å². The first kappa shape index (κ1) is 15.7. The van der Waals surface area contributed by atoms with Crippen LogP contribution in [0.1, 0.15) is 24.2 Å². The maximum absolute atomic E-state index is 13.3. The van der Waals surface area contributed by atoms with Crippen molar-refractivity contribution >= 4 is 25.6 Å². The summed E-state index contributed by atoms with van der Waals surface area (Å²) in [6.07, 6.45) is 1.77. The van der Waals surface area contributed by atoms with Crippen LogP contribution >= 0.6 is 10.7 Å². The second kappa shape index (κ2) is 6.16. The average Bonchev–Trinajstić information content (AvgIpc) is 2.26. The number of amides is 1. The lowest BCUT2D eigenvalue weighted by atomic mass is 10.2. The number of benzene rings is 1. The number of allylic oxidation sites excluding steroid dienone is 1. The second-order valence-corrected chi connectivity index (χ2v) is 6.67. The molecule has 1 rings (SSSR count). The normalized spacial score (nSPS) is 10.9. The second-order valence-electron chi connectivity index (χ2n) is 4.10. The van der Waals surface area contributed by atoms with Gasteiger partial charge < -0.3 is 5.32 Å². The minimum Gasteiger partial charge on any atom is -0.349 e. The molecule has 0 bridgehead atoms. The summed E-state index contributed by atoms with van der Waals surface area (Å²) in [5, 5.41) is 2.52. The smallest absolute Gasteiger partial charge is 0.261 e. The zero-order valence-corrected chi connectivity index (χ0v) is 12.0. The standard InChI is InChI=1S/C12H13ClFNO3S/c1-8(2)3-4-15-12(16)9-5-10(14)7-11(6-9)19(13,17)18/h3,5-7H,4H2,1-2H3,(H,15,16). The van der Waals surface area contributed by atoms with Gasteiger partial charge in [-0.2, -0.15) is 0 Å². The first-order valence-electron chi connectivity index (χ1n) is 5.37. The summed E-state index contributed by atoms with van der Waals surface area (Å²) >= 11 is 0. The van der Waals surface area contributed by atoms with Crippen molar-refractivity contribution in [3.63, 3.8) is 0 Å². The van der Waals surface area contributed by atoms with Crippen molar-refractivity contribution in [3.05, 3.63) is 41.2 Å². The summed E-state index contributed by atoms with van der Waals surface area (Å²) < 4.78 is 35.5. The summed E-state index contributed by atoms with van der Waals surface area (Å²) in [5.41, 5.74) is 0.921. The van der Waals surface area contributed by atoms with Crippen LogP contribution < -0.4 is 5.32 Å². The first-order chi connectivity index (χ1) is 8.70. The van der Waals surface area contributed by atoms with Gasteiger partial charge in [0.25, 0.3) is 15.0 Å². The van der Waals surface area contributed by atoms with Gasteiger partial charge in [-0.3, -0.25) is 4.79 Å². The van der Waals surface area contributed by atoms with E-state index in [0.717, 1.165) is 23.8 Å². The highest BCUT2D eigenvalue weighted by molar-refractivity contribution is 8.13. The van der Waals surface area contributed by atoms with Crippen molar-refractivity contribution in [1.82, 2.24) is 5.32 Å². The molecule has 4 nitrogen and oxygen atoms in total. The van der Waals surface area contributed by atoms with Gasteiger partial charge in [-0.15, -0.1) is 0 Å². The minimum atomic E-state index is -4.07. The summed E-state index contributed by atoms with van der Waals surface area (Å²) in [4.78, 5) is 11.3. The first-order valence-corrected chi connectivity index (χ1v) is 7.68. The van der Waals surface area contributed by atoms with Crippen LogP contribution in [-0.4, -0.2) is 20.9 Å². The minimum absolute atomic E-state index is 0.0959. The van der Waals surface area contributed by atoms with E-state index in [-0.39, 0.29) is 12.1 Å².